The molecule has 132 valence electrons. The molecule has 0 radical (unpaired) electrons. The molecule has 0 aliphatic heterocycles. The van der Waals surface area contributed by atoms with Gasteiger partial charge in [0, 0.05) is 31.4 Å². The van der Waals surface area contributed by atoms with Crippen LogP contribution in [0.4, 0.5) is 10.5 Å². The van der Waals surface area contributed by atoms with Gasteiger partial charge >= 0.3 is 6.03 Å². The third-order valence-corrected chi connectivity index (χ3v) is 5.30. The molecule has 0 heterocycles. The summed E-state index contributed by atoms with van der Waals surface area (Å²) < 4.78 is 0. The first-order valence-electron chi connectivity index (χ1n) is 8.72. The number of hydrogen-bond donors (Lipinski definition) is 2. The minimum absolute atomic E-state index is 0.113. The van der Waals surface area contributed by atoms with Crippen molar-refractivity contribution in [2.45, 2.75) is 46.1 Å². The predicted octanol–water partition coefficient (Wildman–Crippen LogP) is 3.64. The summed E-state index contributed by atoms with van der Waals surface area (Å²) in [6, 6.07) is 5.53. The van der Waals surface area contributed by atoms with E-state index in [1.54, 1.807) is 19.2 Å². The van der Waals surface area contributed by atoms with Crippen molar-refractivity contribution in [3.05, 3.63) is 29.3 Å². The summed E-state index contributed by atoms with van der Waals surface area (Å²) in [4.78, 5) is 26.5. The fourth-order valence-corrected chi connectivity index (χ4v) is 3.92. The van der Waals surface area contributed by atoms with Gasteiger partial charge in [-0.2, -0.15) is 0 Å². The fraction of sp³-hybridized carbons (Fsp3) is 0.579. The van der Waals surface area contributed by atoms with Crippen LogP contribution in [0.25, 0.3) is 0 Å². The molecule has 24 heavy (non-hydrogen) atoms. The van der Waals surface area contributed by atoms with Crippen LogP contribution in [-0.4, -0.2) is 37.0 Å². The Balaban J connectivity index is 2.16. The molecule has 1 saturated carbocycles. The highest BCUT2D eigenvalue weighted by molar-refractivity contribution is 5.98. The number of anilines is 1. The Morgan fingerprint density at radius 3 is 2.38 bits per heavy atom. The average Bonchev–Trinajstić information content (AvgIpc) is 2.55. The smallest absolute Gasteiger partial charge is 0.321 e. The van der Waals surface area contributed by atoms with Gasteiger partial charge in [0.05, 0.1) is 0 Å². The predicted molar refractivity (Wildman–Crippen MR) is 97.3 cm³/mol. The average molecular weight is 331 g/mol. The largest absolute Gasteiger partial charge is 0.355 e. The summed E-state index contributed by atoms with van der Waals surface area (Å²) >= 11 is 0. The standard InChI is InChI=1S/C19H29N3O2/c1-12-8-6-9-13(2)17(12)22(5)19(24)21-16-11-7-10-15(14(16)3)18(23)20-4/h7,10-13,17H,6,8-9H2,1-5H3,(H,20,23)(H,21,24). The zero-order chi connectivity index (χ0) is 17.9. The maximum Gasteiger partial charge on any atom is 0.321 e. The van der Waals surface area contributed by atoms with Crippen molar-refractivity contribution in [3.8, 4) is 0 Å². The van der Waals surface area contributed by atoms with Gasteiger partial charge in [0.1, 0.15) is 0 Å². The van der Waals surface area contributed by atoms with Crippen molar-refractivity contribution in [1.29, 1.82) is 0 Å². The SMILES string of the molecule is CNC(=O)c1cccc(NC(=O)N(C)C2C(C)CCCC2C)c1C. The quantitative estimate of drug-likeness (QED) is 0.888. The van der Waals surface area contributed by atoms with Gasteiger partial charge in [-0.3, -0.25) is 4.79 Å². The Labute approximate surface area is 144 Å². The molecule has 1 aliphatic carbocycles. The van der Waals surface area contributed by atoms with Crippen molar-refractivity contribution in [1.82, 2.24) is 10.2 Å². The number of nitrogens with zero attached hydrogens (tertiary/aromatic N) is 1. The Morgan fingerprint density at radius 2 is 1.79 bits per heavy atom. The molecule has 2 N–H and O–H groups in total. The minimum atomic E-state index is -0.147. The molecule has 3 amide bonds. The summed E-state index contributed by atoms with van der Waals surface area (Å²) in [5.41, 5.74) is 2.05. The van der Waals surface area contributed by atoms with E-state index in [0.29, 0.717) is 23.1 Å². The van der Waals surface area contributed by atoms with Crippen LogP contribution in [0, 0.1) is 18.8 Å². The van der Waals surface area contributed by atoms with E-state index >= 15 is 0 Å². The van der Waals surface area contributed by atoms with Gasteiger partial charge in [-0.1, -0.05) is 26.3 Å². The topological polar surface area (TPSA) is 61.4 Å². The van der Waals surface area contributed by atoms with E-state index < -0.39 is 0 Å². The molecule has 5 nitrogen and oxygen atoms in total. The summed E-state index contributed by atoms with van der Waals surface area (Å²) in [7, 11) is 3.48. The zero-order valence-electron chi connectivity index (χ0n) is 15.3. The summed E-state index contributed by atoms with van der Waals surface area (Å²) in [6.45, 7) is 6.30. The van der Waals surface area contributed by atoms with E-state index in [2.05, 4.69) is 24.5 Å². The van der Waals surface area contributed by atoms with Crippen LogP contribution in [0.3, 0.4) is 0 Å². The van der Waals surface area contributed by atoms with E-state index in [9.17, 15) is 9.59 Å². The first-order valence-corrected chi connectivity index (χ1v) is 8.72. The maximum atomic E-state index is 12.7. The highest BCUT2D eigenvalue weighted by Gasteiger charge is 2.33. The number of amides is 3. The number of carbonyl (C=O) groups excluding carboxylic acids is 2. The third-order valence-electron chi connectivity index (χ3n) is 5.30. The molecule has 0 saturated heterocycles. The lowest BCUT2D eigenvalue weighted by Crippen LogP contribution is -2.48. The Kier molecular flexibility index (Phi) is 5.86. The molecular formula is C19H29N3O2. The lowest BCUT2D eigenvalue weighted by Gasteiger charge is -2.40. The summed E-state index contributed by atoms with van der Waals surface area (Å²) in [5.74, 6) is 0.858. The molecular weight excluding hydrogens is 302 g/mol. The van der Waals surface area contributed by atoms with Gasteiger partial charge in [-0.25, -0.2) is 4.79 Å². The monoisotopic (exact) mass is 331 g/mol. The highest BCUT2D eigenvalue weighted by atomic mass is 16.2. The lowest BCUT2D eigenvalue weighted by molar-refractivity contribution is 0.0962. The van der Waals surface area contributed by atoms with Crippen LogP contribution in [-0.2, 0) is 0 Å². The van der Waals surface area contributed by atoms with Crippen LogP contribution < -0.4 is 10.6 Å². The van der Waals surface area contributed by atoms with Gasteiger partial charge in [0.2, 0.25) is 0 Å². The lowest BCUT2D eigenvalue weighted by atomic mass is 9.78. The van der Waals surface area contributed by atoms with Crippen LogP contribution in [0.15, 0.2) is 18.2 Å². The number of carbonyl (C=O) groups is 2. The summed E-state index contributed by atoms with van der Waals surface area (Å²) in [5, 5.41) is 5.60. The van der Waals surface area contributed by atoms with Crippen LogP contribution in [0.1, 0.15) is 49.0 Å². The number of benzene rings is 1. The van der Waals surface area contributed by atoms with E-state index in [4.69, 9.17) is 0 Å². The Bertz CT molecular complexity index is 605. The van der Waals surface area contributed by atoms with E-state index in [1.807, 2.05) is 24.9 Å². The van der Waals surface area contributed by atoms with Crippen LogP contribution >= 0.6 is 0 Å². The Morgan fingerprint density at radius 1 is 1.17 bits per heavy atom. The van der Waals surface area contributed by atoms with Crippen LogP contribution in [0.5, 0.6) is 0 Å². The maximum absolute atomic E-state index is 12.7. The molecule has 2 unspecified atom stereocenters. The van der Waals surface area contributed by atoms with Crippen molar-refractivity contribution >= 4 is 17.6 Å². The van der Waals surface area contributed by atoms with E-state index in [0.717, 1.165) is 18.4 Å². The van der Waals surface area contributed by atoms with Gasteiger partial charge in [0.15, 0.2) is 0 Å². The van der Waals surface area contributed by atoms with Gasteiger partial charge in [-0.05, 0) is 49.3 Å². The second-order valence-corrected chi connectivity index (χ2v) is 6.97. The zero-order valence-corrected chi connectivity index (χ0v) is 15.3. The van der Waals surface area contributed by atoms with E-state index in [-0.39, 0.29) is 18.0 Å². The molecule has 1 aromatic rings. The number of nitrogens with one attached hydrogen (secondary N) is 2. The molecule has 2 atom stereocenters. The summed E-state index contributed by atoms with van der Waals surface area (Å²) in [6.07, 6.45) is 3.57. The van der Waals surface area contributed by atoms with Gasteiger partial charge < -0.3 is 15.5 Å². The van der Waals surface area contributed by atoms with Crippen molar-refractivity contribution in [2.24, 2.45) is 11.8 Å². The molecule has 1 aromatic carbocycles. The first kappa shape index (κ1) is 18.3. The van der Waals surface area contributed by atoms with Crippen LogP contribution in [0.2, 0.25) is 0 Å². The second-order valence-electron chi connectivity index (χ2n) is 6.97. The van der Waals surface area contributed by atoms with Gasteiger partial charge in [-0.15, -0.1) is 0 Å². The fourth-order valence-electron chi connectivity index (χ4n) is 3.92. The molecule has 0 spiro atoms. The normalized spacial score (nSPS) is 23.5. The molecule has 0 aromatic heterocycles. The van der Waals surface area contributed by atoms with Crippen molar-refractivity contribution < 1.29 is 9.59 Å². The molecule has 1 aliphatic rings. The van der Waals surface area contributed by atoms with Gasteiger partial charge in [0.25, 0.3) is 5.91 Å². The van der Waals surface area contributed by atoms with E-state index in [1.165, 1.54) is 6.42 Å². The molecule has 2 rings (SSSR count). The number of urea groups is 1. The molecule has 1 fully saturated rings. The number of hydrogen-bond acceptors (Lipinski definition) is 2. The second kappa shape index (κ2) is 7.69. The highest BCUT2D eigenvalue weighted by Crippen LogP contribution is 2.32. The first-order chi connectivity index (χ1) is 11.4. The minimum Gasteiger partial charge on any atom is -0.355 e. The van der Waals surface area contributed by atoms with Crippen molar-refractivity contribution in [2.75, 3.05) is 19.4 Å². The molecule has 5 heteroatoms. The Hall–Kier alpha value is -2.04. The number of rotatable bonds is 3. The third kappa shape index (κ3) is 3.71. The molecule has 0 bridgehead atoms. The van der Waals surface area contributed by atoms with Crippen molar-refractivity contribution in [3.63, 3.8) is 0 Å².